The molecule has 0 bridgehead atoms. The Balaban J connectivity index is 1.48. The maximum absolute atomic E-state index is 6.26. The van der Waals surface area contributed by atoms with Crippen molar-refractivity contribution in [1.29, 1.82) is 0 Å². The summed E-state index contributed by atoms with van der Waals surface area (Å²) in [6, 6.07) is 21.9. The van der Waals surface area contributed by atoms with Gasteiger partial charge in [0, 0.05) is 12.8 Å². The monoisotopic (exact) mass is 504 g/mol. The maximum Gasteiger partial charge on any atom is 0.494 e. The van der Waals surface area contributed by atoms with E-state index in [2.05, 4.69) is 39.8 Å². The highest BCUT2D eigenvalue weighted by molar-refractivity contribution is 6.62. The zero-order valence-electron chi connectivity index (χ0n) is 22.7. The van der Waals surface area contributed by atoms with Gasteiger partial charge in [-0.1, -0.05) is 30.3 Å². The first-order valence-electron chi connectivity index (χ1n) is 12.7. The average Bonchev–Trinajstić information content (AvgIpc) is 3.11. The molecule has 0 aliphatic carbocycles. The summed E-state index contributed by atoms with van der Waals surface area (Å²) in [5, 5.41) is 0. The molecule has 1 aliphatic rings. The number of ether oxygens (including phenoxy) is 4. The van der Waals surface area contributed by atoms with Crippen molar-refractivity contribution in [3.8, 4) is 23.0 Å². The lowest BCUT2D eigenvalue weighted by atomic mass is 9.79. The van der Waals surface area contributed by atoms with Gasteiger partial charge in [0.05, 0.1) is 38.6 Å². The van der Waals surface area contributed by atoms with Crippen LogP contribution in [0.5, 0.6) is 23.0 Å². The Morgan fingerprint density at radius 1 is 0.649 bits per heavy atom. The van der Waals surface area contributed by atoms with Crippen molar-refractivity contribution < 1.29 is 28.3 Å². The molecule has 0 spiro atoms. The molecule has 1 heterocycles. The highest BCUT2D eigenvalue weighted by Gasteiger charge is 2.51. The van der Waals surface area contributed by atoms with Crippen LogP contribution in [0.1, 0.15) is 38.8 Å². The van der Waals surface area contributed by atoms with Crippen molar-refractivity contribution in [2.24, 2.45) is 0 Å². The second-order valence-corrected chi connectivity index (χ2v) is 10.2. The molecule has 3 aromatic carbocycles. The van der Waals surface area contributed by atoms with Gasteiger partial charge in [-0.2, -0.15) is 0 Å². The topological polar surface area (TPSA) is 55.4 Å². The van der Waals surface area contributed by atoms with Crippen LogP contribution in [-0.4, -0.2) is 45.8 Å². The van der Waals surface area contributed by atoms with Crippen LogP contribution in [-0.2, 0) is 22.2 Å². The summed E-state index contributed by atoms with van der Waals surface area (Å²) in [6.07, 6.45) is 1.49. The first-order chi connectivity index (χ1) is 17.7. The van der Waals surface area contributed by atoms with Gasteiger partial charge >= 0.3 is 7.12 Å². The summed E-state index contributed by atoms with van der Waals surface area (Å²) in [4.78, 5) is 0. The molecule has 0 amide bonds. The Labute approximate surface area is 220 Å². The minimum absolute atomic E-state index is 0.420. The van der Waals surface area contributed by atoms with Gasteiger partial charge in [0.15, 0.2) is 11.5 Å². The first-order valence-corrected chi connectivity index (χ1v) is 12.7. The van der Waals surface area contributed by atoms with Gasteiger partial charge in [0.2, 0.25) is 0 Å². The van der Waals surface area contributed by atoms with Gasteiger partial charge in [0.25, 0.3) is 0 Å². The quantitative estimate of drug-likeness (QED) is 0.333. The standard InChI is InChI=1S/C30H37BO6/c1-29(2)30(3,4)37-31(36-29)24-13-14-27(34-17-15-22-9-7-11-25(19-22)32-5)28(21-24)35-18-16-23-10-8-12-26(20-23)33-6/h7-14,19-21H,15-18H2,1-6H3. The van der Waals surface area contributed by atoms with Crippen LogP contribution in [0, 0.1) is 0 Å². The van der Waals surface area contributed by atoms with Crippen LogP contribution < -0.4 is 24.4 Å². The van der Waals surface area contributed by atoms with Gasteiger partial charge in [-0.05, 0) is 80.7 Å². The highest BCUT2D eigenvalue weighted by atomic mass is 16.7. The molecule has 1 saturated heterocycles. The van der Waals surface area contributed by atoms with E-state index in [1.165, 1.54) is 0 Å². The molecule has 3 aromatic rings. The van der Waals surface area contributed by atoms with Crippen LogP contribution in [0.25, 0.3) is 0 Å². The maximum atomic E-state index is 6.26. The normalized spacial score (nSPS) is 15.9. The smallest absolute Gasteiger partial charge is 0.494 e. The van der Waals surface area contributed by atoms with E-state index in [-0.39, 0.29) is 0 Å². The summed E-state index contributed by atoms with van der Waals surface area (Å²) >= 11 is 0. The van der Waals surface area contributed by atoms with E-state index in [1.54, 1.807) is 14.2 Å². The summed E-state index contributed by atoms with van der Waals surface area (Å²) in [5.74, 6) is 3.03. The van der Waals surface area contributed by atoms with Gasteiger partial charge < -0.3 is 28.3 Å². The molecule has 0 radical (unpaired) electrons. The van der Waals surface area contributed by atoms with Gasteiger partial charge in [0.1, 0.15) is 11.5 Å². The van der Waals surface area contributed by atoms with E-state index in [0.717, 1.165) is 40.9 Å². The van der Waals surface area contributed by atoms with Crippen molar-refractivity contribution in [2.75, 3.05) is 27.4 Å². The van der Waals surface area contributed by atoms with Crippen LogP contribution in [0.3, 0.4) is 0 Å². The van der Waals surface area contributed by atoms with Crippen LogP contribution >= 0.6 is 0 Å². The second kappa shape index (κ2) is 11.5. The van der Waals surface area contributed by atoms with Crippen molar-refractivity contribution >= 4 is 12.6 Å². The summed E-state index contributed by atoms with van der Waals surface area (Å²) in [5.41, 5.74) is 2.35. The number of hydrogen-bond donors (Lipinski definition) is 0. The molecular weight excluding hydrogens is 467 g/mol. The van der Waals surface area contributed by atoms with E-state index >= 15 is 0 Å². The lowest BCUT2D eigenvalue weighted by Crippen LogP contribution is -2.41. The summed E-state index contributed by atoms with van der Waals surface area (Å²) in [6.45, 7) is 9.20. The molecule has 196 valence electrons. The van der Waals surface area contributed by atoms with Crippen LogP contribution in [0.2, 0.25) is 0 Å². The summed E-state index contributed by atoms with van der Waals surface area (Å²) in [7, 11) is 2.87. The molecule has 0 aromatic heterocycles. The molecule has 37 heavy (non-hydrogen) atoms. The summed E-state index contributed by atoms with van der Waals surface area (Å²) < 4.78 is 35.6. The Kier molecular flexibility index (Phi) is 8.35. The van der Waals surface area contributed by atoms with Crippen LogP contribution in [0.15, 0.2) is 66.7 Å². The highest BCUT2D eigenvalue weighted by Crippen LogP contribution is 2.37. The molecule has 0 unspecified atom stereocenters. The zero-order valence-corrected chi connectivity index (χ0v) is 22.7. The number of hydrogen-bond acceptors (Lipinski definition) is 6. The zero-order chi connectivity index (χ0) is 26.5. The van der Waals surface area contributed by atoms with Crippen molar-refractivity contribution in [3.05, 3.63) is 77.9 Å². The van der Waals surface area contributed by atoms with Gasteiger partial charge in [-0.25, -0.2) is 0 Å². The third kappa shape index (κ3) is 6.59. The van der Waals surface area contributed by atoms with E-state index in [0.29, 0.717) is 24.7 Å². The van der Waals surface area contributed by atoms with E-state index in [1.807, 2.05) is 54.6 Å². The molecule has 6 nitrogen and oxygen atoms in total. The van der Waals surface area contributed by atoms with Gasteiger partial charge in [-0.3, -0.25) is 0 Å². The fourth-order valence-electron chi connectivity index (χ4n) is 4.10. The molecular formula is C30H37BO6. The van der Waals surface area contributed by atoms with Crippen molar-refractivity contribution in [1.82, 2.24) is 0 Å². The Morgan fingerprint density at radius 2 is 1.16 bits per heavy atom. The van der Waals surface area contributed by atoms with Crippen LogP contribution in [0.4, 0.5) is 0 Å². The third-order valence-electron chi connectivity index (χ3n) is 7.06. The van der Waals surface area contributed by atoms with Gasteiger partial charge in [-0.15, -0.1) is 0 Å². The lowest BCUT2D eigenvalue weighted by Gasteiger charge is -2.32. The number of methoxy groups -OCH3 is 2. The molecule has 1 fully saturated rings. The lowest BCUT2D eigenvalue weighted by molar-refractivity contribution is 0.00578. The minimum Gasteiger partial charge on any atom is -0.497 e. The Bertz CT molecular complexity index is 1180. The SMILES string of the molecule is COc1cccc(CCOc2ccc(B3OC(C)(C)C(C)(C)O3)cc2OCCc2cccc(OC)c2)c1. The molecule has 7 heteroatoms. The van der Waals surface area contributed by atoms with Crippen molar-refractivity contribution in [2.45, 2.75) is 51.7 Å². The molecule has 1 aliphatic heterocycles. The Hall–Kier alpha value is -3.16. The molecule has 0 N–H and O–H groups in total. The largest absolute Gasteiger partial charge is 0.497 e. The second-order valence-electron chi connectivity index (χ2n) is 10.2. The molecule has 0 atom stereocenters. The fourth-order valence-corrected chi connectivity index (χ4v) is 4.10. The predicted molar refractivity (Wildman–Crippen MR) is 147 cm³/mol. The molecule has 0 saturated carbocycles. The number of rotatable bonds is 11. The fraction of sp³-hybridized carbons (Fsp3) is 0.400. The third-order valence-corrected chi connectivity index (χ3v) is 7.06. The Morgan fingerprint density at radius 3 is 1.68 bits per heavy atom. The predicted octanol–water partition coefficient (Wildman–Crippen LogP) is 5.25. The van der Waals surface area contributed by atoms with Crippen molar-refractivity contribution in [3.63, 3.8) is 0 Å². The average molecular weight is 504 g/mol. The van der Waals surface area contributed by atoms with E-state index in [9.17, 15) is 0 Å². The van der Waals surface area contributed by atoms with E-state index < -0.39 is 18.3 Å². The minimum atomic E-state index is -0.475. The number of benzene rings is 3. The van der Waals surface area contributed by atoms with E-state index in [4.69, 9.17) is 28.3 Å². The molecule has 4 rings (SSSR count). The first kappa shape index (κ1) is 26.9.